The minimum absolute atomic E-state index is 0.259. The summed E-state index contributed by atoms with van der Waals surface area (Å²) >= 11 is 0. The van der Waals surface area contributed by atoms with Crippen LogP contribution >= 0.6 is 0 Å². The Bertz CT molecular complexity index is 764. The van der Waals surface area contributed by atoms with Gasteiger partial charge in [-0.25, -0.2) is 14.8 Å². The number of amides is 1. The van der Waals surface area contributed by atoms with Gasteiger partial charge in [-0.15, -0.1) is 0 Å². The molecule has 0 saturated carbocycles. The molecule has 3 rings (SSSR count). The summed E-state index contributed by atoms with van der Waals surface area (Å²) in [5, 5.41) is 3.13. The fourth-order valence-electron chi connectivity index (χ4n) is 2.81. The van der Waals surface area contributed by atoms with Crippen LogP contribution in [0.2, 0.25) is 0 Å². The fraction of sp³-hybridized carbons (Fsp3) is 0.500. The van der Waals surface area contributed by atoms with E-state index in [-0.39, 0.29) is 6.09 Å². The van der Waals surface area contributed by atoms with Crippen LogP contribution in [-0.2, 0) is 4.74 Å². The minimum Gasteiger partial charge on any atom is -0.444 e. The van der Waals surface area contributed by atoms with Crippen LogP contribution in [0.3, 0.4) is 0 Å². The molecular formula is C18H25N5O2. The Morgan fingerprint density at radius 2 is 1.68 bits per heavy atom. The molecule has 1 fully saturated rings. The molecule has 7 heteroatoms. The highest BCUT2D eigenvalue weighted by Crippen LogP contribution is 2.25. The van der Waals surface area contributed by atoms with Gasteiger partial charge in [0.2, 0.25) is 0 Å². The predicted octanol–water partition coefficient (Wildman–Crippen LogP) is 2.73. The van der Waals surface area contributed by atoms with E-state index >= 15 is 0 Å². The molecule has 25 heavy (non-hydrogen) atoms. The number of ether oxygens (including phenoxy) is 1. The molecule has 0 radical (unpaired) electrons. The normalized spacial score (nSPS) is 15.4. The van der Waals surface area contributed by atoms with Gasteiger partial charge in [-0.3, -0.25) is 0 Å². The Hall–Kier alpha value is -2.57. The molecule has 0 unspecified atom stereocenters. The zero-order valence-electron chi connectivity index (χ0n) is 15.2. The summed E-state index contributed by atoms with van der Waals surface area (Å²) in [6.07, 6.45) is -0.259. The summed E-state index contributed by atoms with van der Waals surface area (Å²) < 4.78 is 5.45. The third-order valence-electron chi connectivity index (χ3n) is 4.02. The molecule has 1 aliphatic heterocycles. The van der Waals surface area contributed by atoms with Crippen molar-refractivity contribution in [1.82, 2.24) is 14.9 Å². The van der Waals surface area contributed by atoms with E-state index < -0.39 is 5.60 Å². The first-order valence-electron chi connectivity index (χ1n) is 8.55. The molecule has 1 aromatic heterocycles. The first kappa shape index (κ1) is 17.3. The average molecular weight is 343 g/mol. The molecule has 0 spiro atoms. The van der Waals surface area contributed by atoms with Crippen LogP contribution in [0.1, 0.15) is 20.8 Å². The van der Waals surface area contributed by atoms with Gasteiger partial charge < -0.3 is 19.9 Å². The molecule has 1 saturated heterocycles. The summed E-state index contributed by atoms with van der Waals surface area (Å²) in [6.45, 7) is 8.24. The Morgan fingerprint density at radius 3 is 2.24 bits per heavy atom. The first-order chi connectivity index (χ1) is 11.9. The van der Waals surface area contributed by atoms with Crippen LogP contribution < -0.4 is 10.2 Å². The molecule has 2 aromatic rings. The third kappa shape index (κ3) is 3.92. The molecule has 1 amide bonds. The molecule has 0 atom stereocenters. The number of carbonyl (C=O) groups is 1. The van der Waals surface area contributed by atoms with E-state index in [2.05, 4.69) is 15.2 Å². The van der Waals surface area contributed by atoms with E-state index in [1.54, 1.807) is 4.90 Å². The summed E-state index contributed by atoms with van der Waals surface area (Å²) in [5.74, 6) is 1.58. The van der Waals surface area contributed by atoms with Gasteiger partial charge in [0, 0.05) is 33.2 Å². The molecule has 7 nitrogen and oxygen atoms in total. The number of fused-ring (bicyclic) bond motifs is 1. The van der Waals surface area contributed by atoms with Gasteiger partial charge in [0.15, 0.2) is 11.6 Å². The summed E-state index contributed by atoms with van der Waals surface area (Å²) in [6, 6.07) is 7.83. The maximum Gasteiger partial charge on any atom is 0.410 e. The number of hydrogen-bond donors (Lipinski definition) is 1. The van der Waals surface area contributed by atoms with E-state index in [4.69, 9.17) is 9.72 Å². The van der Waals surface area contributed by atoms with Gasteiger partial charge in [-0.05, 0) is 32.9 Å². The molecule has 1 aromatic carbocycles. The van der Waals surface area contributed by atoms with Crippen molar-refractivity contribution in [1.29, 1.82) is 0 Å². The maximum atomic E-state index is 12.2. The lowest BCUT2D eigenvalue weighted by Gasteiger charge is -2.36. The summed E-state index contributed by atoms with van der Waals surface area (Å²) in [5.41, 5.74) is 1.26. The van der Waals surface area contributed by atoms with E-state index in [1.165, 1.54) is 0 Å². The molecule has 2 heterocycles. The average Bonchev–Trinajstić information content (AvgIpc) is 2.59. The Balaban J connectivity index is 1.74. The van der Waals surface area contributed by atoms with Crippen LogP contribution in [0.5, 0.6) is 0 Å². The second kappa shape index (κ2) is 6.74. The predicted molar refractivity (Wildman–Crippen MR) is 99.1 cm³/mol. The number of piperazine rings is 1. The number of rotatable bonds is 2. The van der Waals surface area contributed by atoms with Crippen LogP contribution in [0.25, 0.3) is 11.0 Å². The van der Waals surface area contributed by atoms with Crippen LogP contribution in [0.4, 0.5) is 16.4 Å². The van der Waals surface area contributed by atoms with Gasteiger partial charge in [-0.1, -0.05) is 12.1 Å². The number of nitrogens with zero attached hydrogens (tertiary/aromatic N) is 4. The lowest BCUT2D eigenvalue weighted by Crippen LogP contribution is -2.50. The van der Waals surface area contributed by atoms with Crippen molar-refractivity contribution in [3.05, 3.63) is 24.3 Å². The Labute approximate surface area is 148 Å². The van der Waals surface area contributed by atoms with Crippen molar-refractivity contribution < 1.29 is 9.53 Å². The second-order valence-corrected chi connectivity index (χ2v) is 7.09. The van der Waals surface area contributed by atoms with Crippen molar-refractivity contribution in [3.63, 3.8) is 0 Å². The van der Waals surface area contributed by atoms with Gasteiger partial charge in [0.25, 0.3) is 0 Å². The third-order valence-corrected chi connectivity index (χ3v) is 4.02. The number of carbonyl (C=O) groups excluding carboxylic acids is 1. The number of nitrogens with one attached hydrogen (secondary N) is 1. The minimum atomic E-state index is -0.475. The SMILES string of the molecule is CNc1nc2ccccc2nc1N1CCN(C(=O)OC(C)(C)C)CC1. The molecule has 0 bridgehead atoms. The highest BCUT2D eigenvalue weighted by atomic mass is 16.6. The quantitative estimate of drug-likeness (QED) is 0.904. The molecule has 1 aliphatic rings. The van der Waals surface area contributed by atoms with E-state index in [9.17, 15) is 4.79 Å². The molecular weight excluding hydrogens is 318 g/mol. The first-order valence-corrected chi connectivity index (χ1v) is 8.55. The Kier molecular flexibility index (Phi) is 4.65. The highest BCUT2D eigenvalue weighted by Gasteiger charge is 2.27. The van der Waals surface area contributed by atoms with Crippen LogP contribution in [0.15, 0.2) is 24.3 Å². The van der Waals surface area contributed by atoms with Crippen molar-refractivity contribution in [2.24, 2.45) is 0 Å². The number of benzene rings is 1. The van der Waals surface area contributed by atoms with Gasteiger partial charge in [0.1, 0.15) is 5.60 Å². The zero-order chi connectivity index (χ0) is 18.0. The van der Waals surface area contributed by atoms with Crippen molar-refractivity contribution >= 4 is 28.8 Å². The molecule has 0 aliphatic carbocycles. The van der Waals surface area contributed by atoms with Crippen molar-refractivity contribution in [2.45, 2.75) is 26.4 Å². The van der Waals surface area contributed by atoms with Crippen LogP contribution in [-0.4, -0.2) is 59.8 Å². The monoisotopic (exact) mass is 343 g/mol. The Morgan fingerprint density at radius 1 is 1.08 bits per heavy atom. The van der Waals surface area contributed by atoms with Gasteiger partial charge in [0.05, 0.1) is 11.0 Å². The zero-order valence-corrected chi connectivity index (χ0v) is 15.2. The standard InChI is InChI=1S/C18H25N5O2/c1-18(2,3)25-17(24)23-11-9-22(10-12-23)16-15(19-4)20-13-7-5-6-8-14(13)21-16/h5-8H,9-12H2,1-4H3,(H,19,20). The molecule has 1 N–H and O–H groups in total. The molecule has 134 valence electrons. The van der Waals surface area contributed by atoms with Crippen molar-refractivity contribution in [3.8, 4) is 0 Å². The smallest absolute Gasteiger partial charge is 0.410 e. The van der Waals surface area contributed by atoms with Gasteiger partial charge in [-0.2, -0.15) is 0 Å². The maximum absolute atomic E-state index is 12.2. The van der Waals surface area contributed by atoms with E-state index in [1.807, 2.05) is 52.1 Å². The topological polar surface area (TPSA) is 70.6 Å². The van der Waals surface area contributed by atoms with Gasteiger partial charge >= 0.3 is 6.09 Å². The lowest BCUT2D eigenvalue weighted by molar-refractivity contribution is 0.0240. The number of para-hydroxylation sites is 2. The summed E-state index contributed by atoms with van der Waals surface area (Å²) in [7, 11) is 1.85. The number of aromatic nitrogens is 2. The fourth-order valence-corrected chi connectivity index (χ4v) is 2.81. The highest BCUT2D eigenvalue weighted by molar-refractivity contribution is 5.80. The van der Waals surface area contributed by atoms with Crippen LogP contribution in [0, 0.1) is 0 Å². The number of hydrogen-bond acceptors (Lipinski definition) is 6. The van der Waals surface area contributed by atoms with Crippen molar-refractivity contribution in [2.75, 3.05) is 43.4 Å². The second-order valence-electron chi connectivity index (χ2n) is 7.09. The lowest BCUT2D eigenvalue weighted by atomic mass is 10.2. The van der Waals surface area contributed by atoms with E-state index in [0.717, 1.165) is 22.7 Å². The largest absolute Gasteiger partial charge is 0.444 e. The van der Waals surface area contributed by atoms with E-state index in [0.29, 0.717) is 26.2 Å². The number of anilines is 2. The summed E-state index contributed by atoms with van der Waals surface area (Å²) in [4.78, 5) is 25.5.